The Morgan fingerprint density at radius 3 is 2.13 bits per heavy atom. The second kappa shape index (κ2) is 4.73. The summed E-state index contributed by atoms with van der Waals surface area (Å²) < 4.78 is 10.0. The van der Waals surface area contributed by atoms with Crippen LogP contribution in [0.5, 0.6) is 11.5 Å². The minimum absolute atomic E-state index is 0.168. The van der Waals surface area contributed by atoms with Crippen LogP contribution in [0.1, 0.15) is 17.3 Å². The van der Waals surface area contributed by atoms with Crippen molar-refractivity contribution in [3.8, 4) is 11.5 Å². The van der Waals surface area contributed by atoms with Crippen molar-refractivity contribution in [2.24, 2.45) is 0 Å². The number of carbonyl (C=O) groups is 1. The van der Waals surface area contributed by atoms with Gasteiger partial charge in [-0.05, 0) is 13.0 Å². The zero-order valence-electron chi connectivity index (χ0n) is 8.56. The molecule has 0 fully saturated rings. The van der Waals surface area contributed by atoms with Crippen LogP contribution in [0.15, 0.2) is 6.07 Å². The van der Waals surface area contributed by atoms with Crippen molar-refractivity contribution in [1.82, 2.24) is 0 Å². The summed E-state index contributed by atoms with van der Waals surface area (Å²) in [5.41, 5.74) is 0.341. The molecule has 1 aromatic rings. The van der Waals surface area contributed by atoms with Gasteiger partial charge in [-0.25, -0.2) is 0 Å². The van der Waals surface area contributed by atoms with E-state index in [1.165, 1.54) is 27.2 Å². The van der Waals surface area contributed by atoms with Crippen molar-refractivity contribution in [2.45, 2.75) is 6.92 Å². The summed E-state index contributed by atoms with van der Waals surface area (Å²) in [4.78, 5) is 11.3. The van der Waals surface area contributed by atoms with Gasteiger partial charge in [-0.2, -0.15) is 0 Å². The van der Waals surface area contributed by atoms with E-state index in [1.54, 1.807) is 0 Å². The maximum Gasteiger partial charge on any atom is 0.163 e. The molecule has 0 heterocycles. The van der Waals surface area contributed by atoms with Gasteiger partial charge in [0.2, 0.25) is 0 Å². The summed E-state index contributed by atoms with van der Waals surface area (Å²) >= 11 is 11.9. The van der Waals surface area contributed by atoms with Crippen LogP contribution in [0.2, 0.25) is 10.0 Å². The lowest BCUT2D eigenvalue weighted by molar-refractivity contribution is 0.101. The number of benzene rings is 1. The van der Waals surface area contributed by atoms with E-state index in [4.69, 9.17) is 32.7 Å². The molecule has 3 nitrogen and oxygen atoms in total. The molecule has 0 saturated carbocycles. The molecule has 0 spiro atoms. The van der Waals surface area contributed by atoms with Crippen molar-refractivity contribution < 1.29 is 14.3 Å². The summed E-state index contributed by atoms with van der Waals surface area (Å²) in [5, 5.41) is 0.492. The number of rotatable bonds is 3. The van der Waals surface area contributed by atoms with Gasteiger partial charge in [-0.15, -0.1) is 0 Å². The van der Waals surface area contributed by atoms with E-state index < -0.39 is 0 Å². The zero-order valence-corrected chi connectivity index (χ0v) is 10.1. The van der Waals surface area contributed by atoms with E-state index in [0.717, 1.165) is 0 Å². The smallest absolute Gasteiger partial charge is 0.163 e. The number of hydrogen-bond acceptors (Lipinski definition) is 3. The highest BCUT2D eigenvalue weighted by atomic mass is 35.5. The third kappa shape index (κ3) is 2.19. The Balaban J connectivity index is 3.51. The first-order valence-corrected chi connectivity index (χ1v) is 4.89. The van der Waals surface area contributed by atoms with Crippen LogP contribution in [-0.2, 0) is 0 Å². The van der Waals surface area contributed by atoms with Gasteiger partial charge < -0.3 is 9.47 Å². The molecule has 82 valence electrons. The molecule has 0 aliphatic carbocycles. The first kappa shape index (κ1) is 12.1. The third-order valence-corrected chi connectivity index (χ3v) is 2.54. The molecule has 0 aromatic heterocycles. The summed E-state index contributed by atoms with van der Waals surface area (Å²) in [7, 11) is 2.88. The van der Waals surface area contributed by atoms with Crippen LogP contribution >= 0.6 is 23.2 Å². The van der Waals surface area contributed by atoms with Gasteiger partial charge in [0.25, 0.3) is 0 Å². The molecular formula is C10H10Cl2O3. The maximum absolute atomic E-state index is 11.3. The molecule has 0 radical (unpaired) electrons. The van der Waals surface area contributed by atoms with Crippen LogP contribution < -0.4 is 9.47 Å². The van der Waals surface area contributed by atoms with Gasteiger partial charge in [-0.3, -0.25) is 4.79 Å². The summed E-state index contributed by atoms with van der Waals surface area (Å²) in [5.74, 6) is 0.420. The molecule has 0 N–H and O–H groups in total. The Hall–Kier alpha value is -0.930. The van der Waals surface area contributed by atoms with Gasteiger partial charge in [0, 0.05) is 0 Å². The predicted octanol–water partition coefficient (Wildman–Crippen LogP) is 3.21. The standard InChI is InChI=1S/C10H10Cl2O3/c1-5(13)6-4-7(11)10(15-3)8(12)9(6)14-2/h4H,1-3H3. The molecule has 0 aliphatic heterocycles. The van der Waals surface area contributed by atoms with Gasteiger partial charge in [0.05, 0.1) is 24.8 Å². The van der Waals surface area contributed by atoms with Crippen LogP contribution in [0.4, 0.5) is 0 Å². The Morgan fingerprint density at radius 2 is 1.73 bits per heavy atom. The first-order chi connectivity index (χ1) is 7.02. The highest BCUT2D eigenvalue weighted by Gasteiger charge is 2.19. The molecule has 0 aliphatic rings. The molecular weight excluding hydrogens is 239 g/mol. The fraction of sp³-hybridized carbons (Fsp3) is 0.300. The van der Waals surface area contributed by atoms with Gasteiger partial charge >= 0.3 is 0 Å². The van der Waals surface area contributed by atoms with E-state index in [9.17, 15) is 4.79 Å². The van der Waals surface area contributed by atoms with E-state index in [1.807, 2.05) is 0 Å². The molecule has 0 saturated heterocycles. The predicted molar refractivity (Wildman–Crippen MR) is 59.6 cm³/mol. The summed E-state index contributed by atoms with van der Waals surface area (Å²) in [6.07, 6.45) is 0. The lowest BCUT2D eigenvalue weighted by Crippen LogP contribution is -2.00. The van der Waals surface area contributed by atoms with Gasteiger partial charge in [0.1, 0.15) is 5.02 Å². The minimum atomic E-state index is -0.168. The SMILES string of the molecule is COc1c(Cl)cc(C(C)=O)c(OC)c1Cl. The van der Waals surface area contributed by atoms with E-state index in [0.29, 0.717) is 11.3 Å². The number of halogens is 2. The van der Waals surface area contributed by atoms with Crippen molar-refractivity contribution in [3.63, 3.8) is 0 Å². The number of carbonyl (C=O) groups excluding carboxylic acids is 1. The highest BCUT2D eigenvalue weighted by molar-refractivity contribution is 6.39. The zero-order chi connectivity index (χ0) is 11.6. The monoisotopic (exact) mass is 248 g/mol. The summed E-state index contributed by atoms with van der Waals surface area (Å²) in [6, 6.07) is 1.48. The van der Waals surface area contributed by atoms with Crippen LogP contribution in [0, 0.1) is 0 Å². The summed E-state index contributed by atoms with van der Waals surface area (Å²) in [6.45, 7) is 1.41. The van der Waals surface area contributed by atoms with Crippen molar-refractivity contribution in [3.05, 3.63) is 21.7 Å². The van der Waals surface area contributed by atoms with E-state index >= 15 is 0 Å². The van der Waals surface area contributed by atoms with Crippen molar-refractivity contribution in [1.29, 1.82) is 0 Å². The molecule has 0 amide bonds. The molecule has 1 aromatic carbocycles. The number of ketones is 1. The average molecular weight is 249 g/mol. The van der Waals surface area contributed by atoms with Crippen LogP contribution in [0.25, 0.3) is 0 Å². The van der Waals surface area contributed by atoms with Gasteiger partial charge in [-0.1, -0.05) is 23.2 Å². The Bertz CT molecular complexity index is 402. The minimum Gasteiger partial charge on any atom is -0.494 e. The largest absolute Gasteiger partial charge is 0.494 e. The normalized spacial score (nSPS) is 9.93. The molecule has 1 rings (SSSR count). The topological polar surface area (TPSA) is 35.5 Å². The average Bonchev–Trinajstić information content (AvgIpc) is 2.17. The highest BCUT2D eigenvalue weighted by Crippen LogP contribution is 2.42. The molecule has 5 heteroatoms. The fourth-order valence-corrected chi connectivity index (χ4v) is 1.92. The van der Waals surface area contributed by atoms with Crippen LogP contribution in [0.3, 0.4) is 0 Å². The molecule has 15 heavy (non-hydrogen) atoms. The van der Waals surface area contributed by atoms with Crippen molar-refractivity contribution >= 4 is 29.0 Å². The molecule has 0 unspecified atom stereocenters. The Morgan fingerprint density at radius 1 is 1.20 bits per heavy atom. The molecule has 0 atom stereocenters. The van der Waals surface area contributed by atoms with Crippen LogP contribution in [-0.4, -0.2) is 20.0 Å². The lowest BCUT2D eigenvalue weighted by Gasteiger charge is -2.12. The fourth-order valence-electron chi connectivity index (χ4n) is 1.23. The number of hydrogen-bond donors (Lipinski definition) is 0. The Kier molecular flexibility index (Phi) is 3.83. The molecule has 0 bridgehead atoms. The second-order valence-corrected chi connectivity index (χ2v) is 3.63. The van der Waals surface area contributed by atoms with Gasteiger partial charge in [0.15, 0.2) is 17.3 Å². The second-order valence-electron chi connectivity index (χ2n) is 2.84. The van der Waals surface area contributed by atoms with E-state index in [-0.39, 0.29) is 21.6 Å². The maximum atomic E-state index is 11.3. The Labute approximate surface area is 97.9 Å². The number of methoxy groups -OCH3 is 2. The lowest BCUT2D eigenvalue weighted by atomic mass is 10.1. The van der Waals surface area contributed by atoms with E-state index in [2.05, 4.69) is 0 Å². The first-order valence-electron chi connectivity index (χ1n) is 4.13. The quantitative estimate of drug-likeness (QED) is 0.771. The third-order valence-electron chi connectivity index (χ3n) is 1.92. The number of ether oxygens (including phenoxy) is 2. The number of Topliss-reactive ketones (excluding diaryl/α,β-unsaturated/α-hetero) is 1. The van der Waals surface area contributed by atoms with Crippen molar-refractivity contribution in [2.75, 3.05) is 14.2 Å².